The molecule has 1 aromatic carbocycles. The van der Waals surface area contributed by atoms with Gasteiger partial charge in [-0.05, 0) is 44.4 Å². The van der Waals surface area contributed by atoms with Crippen molar-refractivity contribution < 1.29 is 23.0 Å². The fourth-order valence-electron chi connectivity index (χ4n) is 5.95. The largest absolute Gasteiger partial charge is 0.416 e. The van der Waals surface area contributed by atoms with Crippen LogP contribution in [0.15, 0.2) is 29.1 Å². The van der Waals surface area contributed by atoms with E-state index in [-0.39, 0.29) is 18.2 Å². The number of hydrogen-bond acceptors (Lipinski definition) is 7. The van der Waals surface area contributed by atoms with E-state index >= 15 is 0 Å². The second-order valence-electron chi connectivity index (χ2n) is 10.6. The van der Waals surface area contributed by atoms with Crippen LogP contribution in [0, 0.1) is 6.92 Å². The minimum absolute atomic E-state index is 0.0181. The summed E-state index contributed by atoms with van der Waals surface area (Å²) in [5.41, 5.74) is 1.07. The van der Waals surface area contributed by atoms with E-state index in [2.05, 4.69) is 21.7 Å². The molecule has 0 amide bonds. The number of aliphatic hydroxyl groups is 1. The van der Waals surface area contributed by atoms with Gasteiger partial charge >= 0.3 is 11.9 Å². The highest BCUT2D eigenvalue weighted by atomic mass is 19.4. The number of hydrogen-bond donors (Lipinski definition) is 1. The van der Waals surface area contributed by atoms with Crippen LogP contribution < -0.4 is 10.6 Å². The number of benzene rings is 1. The van der Waals surface area contributed by atoms with Crippen LogP contribution in [-0.2, 0) is 24.5 Å². The summed E-state index contributed by atoms with van der Waals surface area (Å²) < 4.78 is 48.3. The second-order valence-corrected chi connectivity index (χ2v) is 10.6. The van der Waals surface area contributed by atoms with Gasteiger partial charge in [0.2, 0.25) is 0 Å². The average Bonchev–Trinajstić information content (AvgIpc) is 3.45. The number of halogens is 3. The molecule has 0 saturated carbocycles. The lowest BCUT2D eigenvalue weighted by atomic mass is 9.99. The van der Waals surface area contributed by atoms with Crippen LogP contribution in [-0.4, -0.2) is 73.6 Å². The molecular formula is C27H35F3N6O3. The molecule has 4 heterocycles. The Morgan fingerprint density at radius 1 is 1.18 bits per heavy atom. The highest BCUT2D eigenvalue weighted by molar-refractivity contribution is 5.84. The van der Waals surface area contributed by atoms with Crippen LogP contribution in [0.4, 0.5) is 19.0 Å². The molecule has 212 valence electrons. The van der Waals surface area contributed by atoms with Gasteiger partial charge in [-0.15, -0.1) is 0 Å². The van der Waals surface area contributed by atoms with Crippen molar-refractivity contribution in [2.75, 3.05) is 31.1 Å². The number of aliphatic hydroxyl groups excluding tert-OH is 1. The van der Waals surface area contributed by atoms with Crippen LogP contribution in [0.5, 0.6) is 0 Å². The molecular weight excluding hydrogens is 513 g/mol. The maximum absolute atomic E-state index is 13.1. The number of rotatable bonds is 6. The molecule has 2 fully saturated rings. The van der Waals surface area contributed by atoms with Crippen molar-refractivity contribution in [3.05, 3.63) is 51.7 Å². The number of piperazine rings is 1. The maximum Gasteiger partial charge on any atom is 0.416 e. The van der Waals surface area contributed by atoms with Gasteiger partial charge in [-0.3, -0.25) is 9.47 Å². The van der Waals surface area contributed by atoms with E-state index < -0.39 is 23.5 Å². The Kier molecular flexibility index (Phi) is 7.47. The molecule has 4 unspecified atom stereocenters. The van der Waals surface area contributed by atoms with Crippen LogP contribution >= 0.6 is 0 Å². The number of imidazole rings is 1. The predicted octanol–water partition coefficient (Wildman–Crippen LogP) is 3.27. The number of alkyl halides is 3. The Balaban J connectivity index is 1.41. The van der Waals surface area contributed by atoms with E-state index in [4.69, 9.17) is 9.72 Å². The van der Waals surface area contributed by atoms with Crippen molar-refractivity contribution >= 4 is 17.0 Å². The third kappa shape index (κ3) is 5.17. The Hall–Kier alpha value is -2.96. The lowest BCUT2D eigenvalue weighted by molar-refractivity contribution is -0.137. The van der Waals surface area contributed by atoms with Crippen LogP contribution in [0.3, 0.4) is 0 Å². The van der Waals surface area contributed by atoms with Gasteiger partial charge < -0.3 is 19.3 Å². The molecule has 5 rings (SSSR count). The van der Waals surface area contributed by atoms with Gasteiger partial charge in [-0.2, -0.15) is 18.2 Å². The fourth-order valence-corrected chi connectivity index (χ4v) is 5.95. The minimum Gasteiger partial charge on any atom is -0.390 e. The van der Waals surface area contributed by atoms with Crippen molar-refractivity contribution in [3.63, 3.8) is 0 Å². The molecule has 1 N–H and O–H groups in total. The molecule has 39 heavy (non-hydrogen) atoms. The van der Waals surface area contributed by atoms with E-state index in [0.717, 1.165) is 24.1 Å². The molecule has 2 saturated heterocycles. The smallest absolute Gasteiger partial charge is 0.390 e. The summed E-state index contributed by atoms with van der Waals surface area (Å²) in [7, 11) is 1.67. The normalized spacial score (nSPS) is 23.6. The molecule has 2 aliphatic rings. The molecule has 3 aromatic rings. The third-order valence-corrected chi connectivity index (χ3v) is 8.07. The van der Waals surface area contributed by atoms with Gasteiger partial charge in [0, 0.05) is 45.4 Å². The molecule has 12 heteroatoms. The molecule has 0 bridgehead atoms. The van der Waals surface area contributed by atoms with E-state index in [1.807, 2.05) is 18.4 Å². The first-order chi connectivity index (χ1) is 18.5. The predicted molar refractivity (Wildman–Crippen MR) is 141 cm³/mol. The number of aromatic nitrogens is 4. The van der Waals surface area contributed by atoms with Gasteiger partial charge in [0.25, 0.3) is 0 Å². The van der Waals surface area contributed by atoms with Gasteiger partial charge in [0.15, 0.2) is 5.82 Å². The second kappa shape index (κ2) is 10.5. The third-order valence-electron chi connectivity index (χ3n) is 8.07. The van der Waals surface area contributed by atoms with Crippen molar-refractivity contribution in [2.45, 2.75) is 70.6 Å². The molecule has 2 aromatic heterocycles. The molecule has 0 aliphatic carbocycles. The standard InChI is InChI=1S/C27H35F3N6O3/c1-5-20(18-6-8-19(9-7-18)27(28,29)30)34-11-12-35(16(2)14-34)24-23-25(33(4)26(38)32-24)36(17(3)31-23)15-22-21(37)10-13-39-22/h6-9,16,20-22,37H,5,10-15H2,1-4H3. The first kappa shape index (κ1) is 27.6. The van der Waals surface area contributed by atoms with Gasteiger partial charge in [-0.1, -0.05) is 19.1 Å². The number of anilines is 1. The first-order valence-corrected chi connectivity index (χ1v) is 13.4. The summed E-state index contributed by atoms with van der Waals surface area (Å²) in [4.78, 5) is 26.6. The summed E-state index contributed by atoms with van der Waals surface area (Å²) in [5, 5.41) is 10.3. The average molecular weight is 549 g/mol. The Labute approximate surface area is 224 Å². The summed E-state index contributed by atoms with van der Waals surface area (Å²) in [6.45, 7) is 8.74. The highest BCUT2D eigenvalue weighted by Gasteiger charge is 2.34. The lowest BCUT2D eigenvalue weighted by Crippen LogP contribution is -2.53. The first-order valence-electron chi connectivity index (χ1n) is 13.4. The van der Waals surface area contributed by atoms with Crippen molar-refractivity contribution in [1.29, 1.82) is 0 Å². The molecule has 9 nitrogen and oxygen atoms in total. The zero-order valence-electron chi connectivity index (χ0n) is 22.6. The van der Waals surface area contributed by atoms with Crippen LogP contribution in [0.2, 0.25) is 0 Å². The van der Waals surface area contributed by atoms with E-state index in [1.165, 1.54) is 4.57 Å². The molecule has 0 spiro atoms. The van der Waals surface area contributed by atoms with Crippen molar-refractivity contribution in [3.8, 4) is 0 Å². The summed E-state index contributed by atoms with van der Waals surface area (Å²) in [6.07, 6.45) is -3.96. The number of ether oxygens (including phenoxy) is 1. The fraction of sp³-hybridized carbons (Fsp3) is 0.593. The summed E-state index contributed by atoms with van der Waals surface area (Å²) in [6, 6.07) is 5.39. The lowest BCUT2D eigenvalue weighted by Gasteiger charge is -2.43. The number of nitrogens with zero attached hydrogens (tertiary/aromatic N) is 6. The van der Waals surface area contributed by atoms with E-state index in [0.29, 0.717) is 62.0 Å². The SMILES string of the molecule is CCC(c1ccc(C(F)(F)F)cc1)N1CCN(c2nc(=O)n(C)c3c2nc(C)n3CC2OCCC2O)C(C)C1. The van der Waals surface area contributed by atoms with E-state index in [9.17, 15) is 23.1 Å². The topological polar surface area (TPSA) is 88.7 Å². The quantitative estimate of drug-likeness (QED) is 0.506. The van der Waals surface area contributed by atoms with Gasteiger partial charge in [-0.25, -0.2) is 9.78 Å². The minimum atomic E-state index is -4.36. The Bertz CT molecular complexity index is 1390. The highest BCUT2D eigenvalue weighted by Crippen LogP contribution is 2.34. The maximum atomic E-state index is 13.1. The Morgan fingerprint density at radius 2 is 1.90 bits per heavy atom. The molecule has 4 atom stereocenters. The molecule has 0 radical (unpaired) electrons. The summed E-state index contributed by atoms with van der Waals surface area (Å²) >= 11 is 0. The zero-order valence-corrected chi connectivity index (χ0v) is 22.6. The zero-order chi connectivity index (χ0) is 28.1. The number of aryl methyl sites for hydroxylation is 2. The van der Waals surface area contributed by atoms with Crippen LogP contribution in [0.25, 0.3) is 11.2 Å². The van der Waals surface area contributed by atoms with Gasteiger partial charge in [0.05, 0.1) is 18.2 Å². The van der Waals surface area contributed by atoms with Crippen LogP contribution in [0.1, 0.15) is 49.7 Å². The van der Waals surface area contributed by atoms with Crippen molar-refractivity contribution in [2.24, 2.45) is 7.05 Å². The Morgan fingerprint density at radius 3 is 2.49 bits per heavy atom. The summed E-state index contributed by atoms with van der Waals surface area (Å²) in [5.74, 6) is 1.23. The van der Waals surface area contributed by atoms with Crippen molar-refractivity contribution in [1.82, 2.24) is 24.0 Å². The monoisotopic (exact) mass is 548 g/mol. The molecule has 2 aliphatic heterocycles. The number of fused-ring (bicyclic) bond motifs is 1. The van der Waals surface area contributed by atoms with E-state index in [1.54, 1.807) is 19.2 Å². The van der Waals surface area contributed by atoms with Gasteiger partial charge in [0.1, 0.15) is 23.1 Å².